The van der Waals surface area contributed by atoms with Gasteiger partial charge >= 0.3 is 0 Å². The summed E-state index contributed by atoms with van der Waals surface area (Å²) in [5.41, 5.74) is 3.16. The molecule has 1 aromatic carbocycles. The summed E-state index contributed by atoms with van der Waals surface area (Å²) in [5.74, 6) is 0.0623. The van der Waals surface area contributed by atoms with Crippen LogP contribution in [-0.2, 0) is 0 Å². The van der Waals surface area contributed by atoms with Gasteiger partial charge in [0.2, 0.25) is 0 Å². The van der Waals surface area contributed by atoms with Gasteiger partial charge in [0.15, 0.2) is 0 Å². The van der Waals surface area contributed by atoms with Crippen molar-refractivity contribution < 1.29 is 14.6 Å². The van der Waals surface area contributed by atoms with Crippen LogP contribution in [0.1, 0.15) is 64.7 Å². The molecule has 3 aliphatic rings. The van der Waals surface area contributed by atoms with Crippen LogP contribution >= 0.6 is 0 Å². The molecule has 0 aromatic heterocycles. The number of aliphatic hydroxyl groups excluding tert-OH is 2. The fraction of sp³-hybridized carbons (Fsp3) is 0.577. The average Bonchev–Trinajstić information content (AvgIpc) is 3.07. The number of anilines is 1. The summed E-state index contributed by atoms with van der Waals surface area (Å²) in [6, 6.07) is 6.24. The summed E-state index contributed by atoms with van der Waals surface area (Å²) >= 11 is 0. The minimum Gasteiger partial charge on any atom is -0.396 e. The number of benzene rings is 1. The van der Waals surface area contributed by atoms with E-state index in [1.54, 1.807) is 12.1 Å². The van der Waals surface area contributed by atoms with Gasteiger partial charge in [0.1, 0.15) is 5.82 Å². The molecular formula is C26H35FN2O2. The van der Waals surface area contributed by atoms with E-state index in [0.29, 0.717) is 18.8 Å². The first-order valence-electron chi connectivity index (χ1n) is 11.7. The van der Waals surface area contributed by atoms with Crippen LogP contribution < -0.4 is 5.32 Å². The Labute approximate surface area is 184 Å². The average molecular weight is 427 g/mol. The maximum Gasteiger partial charge on any atom is 0.123 e. The van der Waals surface area contributed by atoms with Crippen molar-refractivity contribution in [3.05, 3.63) is 53.0 Å². The molecule has 5 heteroatoms. The monoisotopic (exact) mass is 426 g/mol. The van der Waals surface area contributed by atoms with Crippen LogP contribution in [-0.4, -0.2) is 29.1 Å². The fourth-order valence-electron chi connectivity index (χ4n) is 6.21. The molecule has 4 nitrogen and oxygen atoms in total. The molecule has 0 spiro atoms. The van der Waals surface area contributed by atoms with Crippen molar-refractivity contribution in [1.82, 2.24) is 0 Å². The lowest BCUT2D eigenvalue weighted by Gasteiger charge is -2.47. The van der Waals surface area contributed by atoms with Crippen LogP contribution in [0, 0.1) is 28.0 Å². The van der Waals surface area contributed by atoms with Crippen molar-refractivity contribution in [2.24, 2.45) is 16.7 Å². The quantitative estimate of drug-likeness (QED) is 0.430. The predicted octanol–water partition coefficient (Wildman–Crippen LogP) is 5.58. The van der Waals surface area contributed by atoms with E-state index in [9.17, 15) is 14.6 Å². The topological polar surface area (TPSA) is 76.3 Å². The second-order valence-corrected chi connectivity index (χ2v) is 10.0. The first kappa shape index (κ1) is 22.2. The van der Waals surface area contributed by atoms with Gasteiger partial charge < -0.3 is 20.9 Å². The highest BCUT2D eigenvalue weighted by atomic mass is 19.1. The summed E-state index contributed by atoms with van der Waals surface area (Å²) in [6.45, 7) is 2.25. The highest BCUT2D eigenvalue weighted by Gasteiger charge is 2.56. The largest absolute Gasteiger partial charge is 0.396 e. The Morgan fingerprint density at radius 2 is 1.94 bits per heavy atom. The van der Waals surface area contributed by atoms with Crippen LogP contribution in [0.15, 0.2) is 47.2 Å². The summed E-state index contributed by atoms with van der Waals surface area (Å²) in [6.07, 6.45) is 12.0. The summed E-state index contributed by atoms with van der Waals surface area (Å²) in [7, 11) is 0. The van der Waals surface area contributed by atoms with Gasteiger partial charge in [-0.1, -0.05) is 31.8 Å². The van der Waals surface area contributed by atoms with Gasteiger partial charge in [-0.15, -0.1) is 0 Å². The minimum atomic E-state index is -0.380. The zero-order chi connectivity index (χ0) is 22.1. The van der Waals surface area contributed by atoms with Gasteiger partial charge in [0.25, 0.3) is 0 Å². The van der Waals surface area contributed by atoms with Crippen LogP contribution in [0.25, 0.3) is 0 Å². The molecule has 0 amide bonds. The van der Waals surface area contributed by atoms with Crippen molar-refractivity contribution in [2.75, 3.05) is 11.9 Å². The molecule has 1 unspecified atom stereocenters. The Bertz CT molecular complexity index is 872. The zero-order valence-corrected chi connectivity index (χ0v) is 18.5. The molecule has 3 atom stereocenters. The maximum atomic E-state index is 13.3. The zero-order valence-electron chi connectivity index (χ0n) is 18.5. The number of halogens is 1. The molecule has 168 valence electrons. The normalized spacial score (nSPS) is 30.0. The first-order valence-corrected chi connectivity index (χ1v) is 11.7. The Morgan fingerprint density at radius 1 is 1.23 bits per heavy atom. The van der Waals surface area contributed by atoms with Crippen molar-refractivity contribution in [3.8, 4) is 0 Å². The summed E-state index contributed by atoms with van der Waals surface area (Å²) in [5, 5.41) is 33.1. The Balaban J connectivity index is 1.58. The fourth-order valence-corrected chi connectivity index (χ4v) is 6.21. The van der Waals surface area contributed by atoms with Gasteiger partial charge in [-0.2, -0.15) is 0 Å². The Hall–Kier alpha value is -1.98. The molecule has 2 fully saturated rings. The van der Waals surface area contributed by atoms with Crippen LogP contribution in [0.5, 0.6) is 0 Å². The minimum absolute atomic E-state index is 0.0522. The van der Waals surface area contributed by atoms with E-state index < -0.39 is 0 Å². The van der Waals surface area contributed by atoms with Gasteiger partial charge in [-0.05, 0) is 80.4 Å². The highest BCUT2D eigenvalue weighted by Crippen LogP contribution is 2.63. The van der Waals surface area contributed by atoms with E-state index in [1.807, 2.05) is 0 Å². The third-order valence-electron chi connectivity index (χ3n) is 8.35. The van der Waals surface area contributed by atoms with Gasteiger partial charge in [0, 0.05) is 35.0 Å². The molecule has 4 rings (SSSR count). The second kappa shape index (κ2) is 8.87. The standard InChI is InChI=1S/C26H35FN2O2/c1-25-14-19(16-28)23(29-22-9-7-21(27)8-10-22)13-20(25)11-12-26(25,17-30)15-24(31)18-5-3-2-4-6-18/h7-10,13,16,18,24,28-31H,2-6,11-12,14-15,17H2,1H3/t24?,25-,26-/m0/s1. The molecule has 1 aromatic rings. The molecule has 4 N–H and O–H groups in total. The van der Waals surface area contributed by atoms with E-state index in [-0.39, 0.29) is 29.4 Å². The van der Waals surface area contributed by atoms with Crippen molar-refractivity contribution in [2.45, 2.75) is 70.8 Å². The van der Waals surface area contributed by atoms with Crippen LogP contribution in [0.3, 0.4) is 0 Å². The van der Waals surface area contributed by atoms with Gasteiger partial charge in [-0.25, -0.2) is 4.39 Å². The van der Waals surface area contributed by atoms with Crippen molar-refractivity contribution in [1.29, 1.82) is 5.41 Å². The maximum absolute atomic E-state index is 13.3. The number of allylic oxidation sites excluding steroid dienone is 3. The SMILES string of the molecule is C[C@]12CC(C=N)=C(Nc3ccc(F)cc3)C=C1CC[C@@]2(CO)CC(O)C1CCCCC1. The number of nitrogens with one attached hydrogen (secondary N) is 2. The predicted molar refractivity (Wildman–Crippen MR) is 123 cm³/mol. The molecule has 2 saturated carbocycles. The van der Waals surface area contributed by atoms with Gasteiger partial charge in [-0.3, -0.25) is 0 Å². The number of hydrogen-bond donors (Lipinski definition) is 4. The molecule has 0 heterocycles. The van der Waals surface area contributed by atoms with E-state index in [0.717, 1.165) is 42.6 Å². The van der Waals surface area contributed by atoms with Crippen LogP contribution in [0.4, 0.5) is 10.1 Å². The lowest BCUT2D eigenvalue weighted by atomic mass is 9.58. The van der Waals surface area contributed by atoms with E-state index >= 15 is 0 Å². The molecule has 0 aliphatic heterocycles. The van der Waals surface area contributed by atoms with E-state index in [2.05, 4.69) is 18.3 Å². The first-order chi connectivity index (χ1) is 14.9. The summed E-state index contributed by atoms with van der Waals surface area (Å²) in [4.78, 5) is 0. The highest BCUT2D eigenvalue weighted by molar-refractivity contribution is 5.81. The Kier molecular flexibility index (Phi) is 6.36. The number of fused-ring (bicyclic) bond motifs is 1. The Morgan fingerprint density at radius 3 is 2.58 bits per heavy atom. The molecular weight excluding hydrogens is 391 g/mol. The smallest absolute Gasteiger partial charge is 0.123 e. The number of aliphatic hydroxyl groups is 2. The second-order valence-electron chi connectivity index (χ2n) is 10.0. The third-order valence-corrected chi connectivity index (χ3v) is 8.35. The molecule has 0 radical (unpaired) electrons. The number of rotatable bonds is 7. The van der Waals surface area contributed by atoms with Crippen molar-refractivity contribution >= 4 is 11.9 Å². The molecule has 0 saturated heterocycles. The molecule has 3 aliphatic carbocycles. The van der Waals surface area contributed by atoms with Gasteiger partial charge in [0.05, 0.1) is 6.10 Å². The molecule has 31 heavy (non-hydrogen) atoms. The van der Waals surface area contributed by atoms with E-state index in [1.165, 1.54) is 43.2 Å². The lowest BCUT2D eigenvalue weighted by molar-refractivity contribution is -0.0350. The van der Waals surface area contributed by atoms with Crippen LogP contribution in [0.2, 0.25) is 0 Å². The lowest BCUT2D eigenvalue weighted by Crippen LogP contribution is -2.44. The third kappa shape index (κ3) is 4.10. The van der Waals surface area contributed by atoms with E-state index in [4.69, 9.17) is 5.41 Å². The van der Waals surface area contributed by atoms with Crippen molar-refractivity contribution in [3.63, 3.8) is 0 Å². The summed E-state index contributed by atoms with van der Waals surface area (Å²) < 4.78 is 13.3. The molecule has 0 bridgehead atoms. The number of hydrogen-bond acceptors (Lipinski definition) is 4.